The maximum atomic E-state index is 11.5. The molecule has 0 bridgehead atoms. The van der Waals surface area contributed by atoms with E-state index in [1.807, 2.05) is 36.1 Å². The Bertz CT molecular complexity index is 1680. The first-order chi connectivity index (χ1) is 23.0. The van der Waals surface area contributed by atoms with Crippen LogP contribution in [0.4, 0.5) is 16.6 Å². The van der Waals surface area contributed by atoms with E-state index >= 15 is 0 Å². The van der Waals surface area contributed by atoms with Crippen LogP contribution >= 0.6 is 0 Å². The quantitative estimate of drug-likeness (QED) is 0.172. The van der Waals surface area contributed by atoms with Crippen LogP contribution in [0.1, 0.15) is 26.3 Å². The summed E-state index contributed by atoms with van der Waals surface area (Å²) in [6, 6.07) is 16.1. The summed E-state index contributed by atoms with van der Waals surface area (Å²) in [7, 11) is -1.23. The highest BCUT2D eigenvalue weighted by atomic mass is 28.3. The molecule has 12 nitrogen and oxygen atoms in total. The summed E-state index contributed by atoms with van der Waals surface area (Å²) in [6.45, 7) is 18.9. The summed E-state index contributed by atoms with van der Waals surface area (Å²) >= 11 is 0. The monoisotopic (exact) mass is 671 g/mol. The van der Waals surface area contributed by atoms with Gasteiger partial charge in [0, 0.05) is 83.8 Å². The third kappa shape index (κ3) is 7.63. The van der Waals surface area contributed by atoms with E-state index < -0.39 is 14.2 Å². The number of pyridine rings is 1. The number of anilines is 2. The molecule has 5 heterocycles. The minimum atomic E-state index is -1.23. The first-order valence-corrected chi connectivity index (χ1v) is 20.7. The lowest BCUT2D eigenvalue weighted by Crippen LogP contribution is -2.57. The zero-order valence-electron chi connectivity index (χ0n) is 29.1. The first kappa shape index (κ1) is 33.8. The molecule has 48 heavy (non-hydrogen) atoms. The Kier molecular flexibility index (Phi) is 10.00. The number of amides is 1. The SMILES string of the molecule is C[C@@H]1CN(c2ccc(-c3nn(COCC[Si](C)(C)C)c4cnc(N5[C@H](C)CN(Cc6ccccc6)C[C@@H]5C)nc34)cn2)CCN1C(=O)O. The van der Waals surface area contributed by atoms with Crippen molar-refractivity contribution in [3.8, 4) is 11.3 Å². The predicted octanol–water partition coefficient (Wildman–Crippen LogP) is 5.49. The number of nitrogens with zero attached hydrogens (tertiary/aromatic N) is 9. The van der Waals surface area contributed by atoms with Gasteiger partial charge in [0.15, 0.2) is 0 Å². The maximum Gasteiger partial charge on any atom is 0.407 e. The van der Waals surface area contributed by atoms with Crippen LogP contribution in [0.3, 0.4) is 0 Å². The van der Waals surface area contributed by atoms with E-state index in [0.29, 0.717) is 38.9 Å². The molecule has 2 aliphatic rings. The molecular formula is C35H49N9O3Si. The molecule has 6 rings (SSSR count). The van der Waals surface area contributed by atoms with Gasteiger partial charge >= 0.3 is 6.09 Å². The van der Waals surface area contributed by atoms with Crippen molar-refractivity contribution in [2.24, 2.45) is 0 Å². The summed E-state index contributed by atoms with van der Waals surface area (Å²) < 4.78 is 7.99. The fourth-order valence-corrected chi connectivity index (χ4v) is 7.61. The molecule has 1 N–H and O–H groups in total. The van der Waals surface area contributed by atoms with E-state index in [1.165, 1.54) is 10.5 Å². The normalized spacial score (nSPS) is 20.9. The Morgan fingerprint density at radius 1 is 0.938 bits per heavy atom. The van der Waals surface area contributed by atoms with Crippen molar-refractivity contribution >= 4 is 37.0 Å². The van der Waals surface area contributed by atoms with Crippen LogP contribution in [0, 0.1) is 0 Å². The zero-order chi connectivity index (χ0) is 34.0. The van der Waals surface area contributed by atoms with Gasteiger partial charge in [-0.15, -0.1) is 0 Å². The van der Waals surface area contributed by atoms with Crippen LogP contribution in [-0.4, -0.2) is 111 Å². The van der Waals surface area contributed by atoms with Crippen LogP contribution in [0.5, 0.6) is 0 Å². The van der Waals surface area contributed by atoms with E-state index in [0.717, 1.165) is 53.8 Å². The van der Waals surface area contributed by atoms with Crippen molar-refractivity contribution in [3.05, 3.63) is 60.4 Å². The van der Waals surface area contributed by atoms with Gasteiger partial charge in [-0.2, -0.15) is 5.10 Å². The number of hydrogen-bond acceptors (Lipinski definition) is 9. The third-order valence-electron chi connectivity index (χ3n) is 9.38. The molecule has 4 aromatic rings. The fraction of sp³-hybridized carbons (Fsp3) is 0.514. The lowest BCUT2D eigenvalue weighted by Gasteiger charge is -2.44. The van der Waals surface area contributed by atoms with Gasteiger partial charge in [0.1, 0.15) is 29.3 Å². The van der Waals surface area contributed by atoms with Crippen LogP contribution in [0.15, 0.2) is 54.9 Å². The summed E-state index contributed by atoms with van der Waals surface area (Å²) in [5.74, 6) is 1.53. The molecule has 0 spiro atoms. The van der Waals surface area contributed by atoms with Gasteiger partial charge in [0.25, 0.3) is 0 Å². The minimum absolute atomic E-state index is 0.113. The molecular weight excluding hydrogens is 623 g/mol. The zero-order valence-corrected chi connectivity index (χ0v) is 30.1. The minimum Gasteiger partial charge on any atom is -0.465 e. The average molecular weight is 672 g/mol. The number of aromatic nitrogens is 5. The summed E-state index contributed by atoms with van der Waals surface area (Å²) in [5.41, 5.74) is 4.53. The summed E-state index contributed by atoms with van der Waals surface area (Å²) in [5, 5.41) is 14.5. The smallest absolute Gasteiger partial charge is 0.407 e. The topological polar surface area (TPSA) is 116 Å². The largest absolute Gasteiger partial charge is 0.465 e. The second-order valence-corrected chi connectivity index (χ2v) is 20.2. The summed E-state index contributed by atoms with van der Waals surface area (Å²) in [6.07, 6.45) is 2.85. The average Bonchev–Trinajstić information content (AvgIpc) is 3.40. The van der Waals surface area contributed by atoms with Crippen molar-refractivity contribution in [2.75, 3.05) is 49.1 Å². The highest BCUT2D eigenvalue weighted by molar-refractivity contribution is 6.76. The number of ether oxygens (including phenoxy) is 1. The molecule has 1 amide bonds. The van der Waals surface area contributed by atoms with Gasteiger partial charge in [-0.05, 0) is 44.5 Å². The summed E-state index contributed by atoms with van der Waals surface area (Å²) in [4.78, 5) is 34.9. The van der Waals surface area contributed by atoms with Crippen LogP contribution < -0.4 is 9.80 Å². The molecule has 2 fully saturated rings. The van der Waals surface area contributed by atoms with E-state index in [-0.39, 0.29) is 18.1 Å². The number of fused-ring (bicyclic) bond motifs is 1. The van der Waals surface area contributed by atoms with Gasteiger partial charge < -0.3 is 24.5 Å². The molecule has 0 unspecified atom stereocenters. The van der Waals surface area contributed by atoms with E-state index in [4.69, 9.17) is 24.8 Å². The Balaban J connectivity index is 1.26. The standard InChI is InChI=1S/C35H49N9O3Si/c1-25-22-41(14-15-42(25)35(45)46)31-13-12-29(18-36-31)32-33-30(43(39-32)24-47-16-17-48(4,5)6)19-37-34(38-33)44-26(2)20-40(21-27(44)3)23-28-10-8-7-9-11-28/h7-13,18-19,25-27H,14-17,20-24H2,1-6H3,(H,45,46)/t25-,26-,27+/m1/s1. The van der Waals surface area contributed by atoms with E-state index in [1.54, 1.807) is 0 Å². The van der Waals surface area contributed by atoms with Crippen molar-refractivity contribution in [1.29, 1.82) is 0 Å². The Labute approximate surface area is 284 Å². The Morgan fingerprint density at radius 3 is 2.33 bits per heavy atom. The number of carboxylic acid groups (broad SMARTS) is 1. The van der Waals surface area contributed by atoms with Gasteiger partial charge in [-0.3, -0.25) is 4.90 Å². The molecule has 1 aromatic carbocycles. The molecule has 0 saturated carbocycles. The van der Waals surface area contributed by atoms with Gasteiger partial charge in [-0.25, -0.2) is 24.4 Å². The molecule has 0 aliphatic carbocycles. The van der Waals surface area contributed by atoms with Gasteiger partial charge in [-0.1, -0.05) is 50.0 Å². The van der Waals surface area contributed by atoms with Crippen molar-refractivity contribution in [2.45, 2.75) is 77.9 Å². The first-order valence-electron chi connectivity index (χ1n) is 17.0. The van der Waals surface area contributed by atoms with Crippen molar-refractivity contribution in [3.63, 3.8) is 0 Å². The lowest BCUT2D eigenvalue weighted by molar-refractivity contribution is 0.0818. The van der Waals surface area contributed by atoms with E-state index in [2.05, 4.69) is 78.5 Å². The number of carbonyl (C=O) groups is 1. The Hall–Kier alpha value is -4.07. The second kappa shape index (κ2) is 14.2. The maximum absolute atomic E-state index is 11.5. The van der Waals surface area contributed by atoms with E-state index in [9.17, 15) is 9.90 Å². The number of piperazine rings is 2. The molecule has 2 aliphatic heterocycles. The predicted molar refractivity (Wildman–Crippen MR) is 192 cm³/mol. The highest BCUT2D eigenvalue weighted by Gasteiger charge is 2.32. The number of benzene rings is 1. The van der Waals surface area contributed by atoms with Crippen LogP contribution in [0.25, 0.3) is 22.3 Å². The molecule has 0 radical (unpaired) electrons. The second-order valence-electron chi connectivity index (χ2n) is 14.6. The van der Waals surface area contributed by atoms with Gasteiger partial charge in [0.2, 0.25) is 5.95 Å². The molecule has 13 heteroatoms. The molecule has 3 aromatic heterocycles. The lowest BCUT2D eigenvalue weighted by atomic mass is 10.1. The molecule has 3 atom stereocenters. The molecule has 256 valence electrons. The number of rotatable bonds is 10. The highest BCUT2D eigenvalue weighted by Crippen LogP contribution is 2.31. The van der Waals surface area contributed by atoms with Crippen LogP contribution in [-0.2, 0) is 18.0 Å². The van der Waals surface area contributed by atoms with Crippen LogP contribution in [0.2, 0.25) is 25.7 Å². The van der Waals surface area contributed by atoms with Gasteiger partial charge in [0.05, 0.1) is 6.20 Å². The number of hydrogen-bond donors (Lipinski definition) is 1. The third-order valence-corrected chi connectivity index (χ3v) is 11.1. The Morgan fingerprint density at radius 2 is 1.69 bits per heavy atom. The van der Waals surface area contributed by atoms with Crippen molar-refractivity contribution < 1.29 is 14.6 Å². The fourth-order valence-electron chi connectivity index (χ4n) is 6.86. The molecule has 2 saturated heterocycles. The van der Waals surface area contributed by atoms with Crippen molar-refractivity contribution in [1.82, 2.24) is 34.5 Å².